The summed E-state index contributed by atoms with van der Waals surface area (Å²) in [7, 11) is -1.58. The summed E-state index contributed by atoms with van der Waals surface area (Å²) in [6.07, 6.45) is 0. The molecule has 0 aliphatic rings. The van der Waals surface area contributed by atoms with E-state index in [1.807, 2.05) is 6.07 Å². The molecule has 0 bridgehead atoms. The topological polar surface area (TPSA) is 9.23 Å². The second kappa shape index (κ2) is 4.70. The van der Waals surface area contributed by atoms with Crippen LogP contribution in [0.3, 0.4) is 0 Å². The number of halogens is 1. The molecule has 0 unspecified atom stereocenters. The molecule has 0 aliphatic carbocycles. The Morgan fingerprint density at radius 2 is 1.87 bits per heavy atom. The van der Waals surface area contributed by atoms with Crippen molar-refractivity contribution >= 4 is 24.2 Å². The summed E-state index contributed by atoms with van der Waals surface area (Å²) in [5.74, 6) is 1.00. The van der Waals surface area contributed by atoms with Crippen molar-refractivity contribution in [3.8, 4) is 5.75 Å². The van der Waals surface area contributed by atoms with Gasteiger partial charge in [-0.25, -0.2) is 0 Å². The largest absolute Gasteiger partial charge is 0.544 e. The van der Waals surface area contributed by atoms with Gasteiger partial charge in [-0.2, -0.15) is 0 Å². The highest BCUT2D eigenvalue weighted by Gasteiger charge is 2.28. The normalized spacial score (nSPS) is 11.9. The standard InChI is InChI=1S/C12H19BrOSi/c1-9(2)15(4,5)14-11-6-7-12(13)10(3)8-11/h6-9H,1-5H3. The number of hydrogen-bond acceptors (Lipinski definition) is 1. The molecule has 0 radical (unpaired) electrons. The Kier molecular flexibility index (Phi) is 4.01. The maximum absolute atomic E-state index is 6.12. The van der Waals surface area contributed by atoms with Crippen LogP contribution in [0.5, 0.6) is 5.75 Å². The van der Waals surface area contributed by atoms with Crippen LogP contribution in [0.2, 0.25) is 18.6 Å². The van der Waals surface area contributed by atoms with Crippen molar-refractivity contribution < 1.29 is 4.43 Å². The highest BCUT2D eigenvalue weighted by molar-refractivity contribution is 9.10. The summed E-state index contributed by atoms with van der Waals surface area (Å²) in [4.78, 5) is 0. The molecular weight excluding hydrogens is 268 g/mol. The first-order valence-electron chi connectivity index (χ1n) is 5.28. The zero-order valence-electron chi connectivity index (χ0n) is 10.1. The van der Waals surface area contributed by atoms with E-state index in [9.17, 15) is 0 Å². The summed E-state index contributed by atoms with van der Waals surface area (Å²) >= 11 is 3.49. The van der Waals surface area contributed by atoms with Crippen LogP contribution < -0.4 is 4.43 Å². The Balaban J connectivity index is 2.86. The molecule has 0 saturated carbocycles. The van der Waals surface area contributed by atoms with E-state index in [0.717, 1.165) is 10.2 Å². The summed E-state index contributed by atoms with van der Waals surface area (Å²) < 4.78 is 7.25. The lowest BCUT2D eigenvalue weighted by Gasteiger charge is -2.28. The molecule has 0 fully saturated rings. The fourth-order valence-electron chi connectivity index (χ4n) is 1.10. The van der Waals surface area contributed by atoms with Crippen LogP contribution in [-0.4, -0.2) is 8.32 Å². The molecule has 0 N–H and O–H groups in total. The van der Waals surface area contributed by atoms with Gasteiger partial charge in [0.15, 0.2) is 0 Å². The zero-order valence-corrected chi connectivity index (χ0v) is 12.7. The van der Waals surface area contributed by atoms with Crippen LogP contribution in [0, 0.1) is 6.92 Å². The van der Waals surface area contributed by atoms with Crippen molar-refractivity contribution in [2.45, 2.75) is 39.4 Å². The maximum atomic E-state index is 6.12. The highest BCUT2D eigenvalue weighted by Crippen LogP contribution is 2.27. The van der Waals surface area contributed by atoms with Gasteiger partial charge in [0, 0.05) is 4.47 Å². The lowest BCUT2D eigenvalue weighted by atomic mass is 10.2. The van der Waals surface area contributed by atoms with Crippen LogP contribution in [-0.2, 0) is 0 Å². The van der Waals surface area contributed by atoms with Gasteiger partial charge in [0.05, 0.1) is 0 Å². The SMILES string of the molecule is Cc1cc(O[Si](C)(C)C(C)C)ccc1Br. The lowest BCUT2D eigenvalue weighted by Crippen LogP contribution is -2.37. The monoisotopic (exact) mass is 286 g/mol. The Labute approximate surface area is 102 Å². The quantitative estimate of drug-likeness (QED) is 0.729. The molecule has 1 nitrogen and oxygen atoms in total. The predicted molar refractivity (Wildman–Crippen MR) is 72.1 cm³/mol. The number of aryl methyl sites for hydroxylation is 1. The Hall–Kier alpha value is -0.283. The third-order valence-corrected chi connectivity index (χ3v) is 7.33. The molecule has 0 aliphatic heterocycles. The first-order chi connectivity index (χ1) is 6.83. The number of hydrogen-bond donors (Lipinski definition) is 0. The van der Waals surface area contributed by atoms with Crippen molar-refractivity contribution in [1.82, 2.24) is 0 Å². The van der Waals surface area contributed by atoms with Crippen LogP contribution in [0.15, 0.2) is 22.7 Å². The minimum absolute atomic E-state index is 0.626. The molecule has 3 heteroatoms. The van der Waals surface area contributed by atoms with Crippen LogP contribution in [0.25, 0.3) is 0 Å². The van der Waals surface area contributed by atoms with Gasteiger partial charge in [0.1, 0.15) is 5.75 Å². The van der Waals surface area contributed by atoms with Crippen molar-refractivity contribution in [3.05, 3.63) is 28.2 Å². The van der Waals surface area contributed by atoms with Crippen molar-refractivity contribution in [1.29, 1.82) is 0 Å². The molecule has 15 heavy (non-hydrogen) atoms. The molecule has 84 valence electrons. The second-order valence-corrected chi connectivity index (χ2v) is 10.2. The molecule has 0 aromatic heterocycles. The third-order valence-electron chi connectivity index (χ3n) is 2.90. The van der Waals surface area contributed by atoms with E-state index in [1.54, 1.807) is 0 Å². The van der Waals surface area contributed by atoms with Crippen molar-refractivity contribution in [3.63, 3.8) is 0 Å². The molecule has 1 rings (SSSR count). The average Bonchev–Trinajstić information content (AvgIpc) is 2.10. The predicted octanol–water partition coefficient (Wildman–Crippen LogP) is 4.75. The van der Waals surface area contributed by atoms with Crippen molar-refractivity contribution in [2.75, 3.05) is 0 Å². The van der Waals surface area contributed by atoms with Gasteiger partial charge >= 0.3 is 0 Å². The lowest BCUT2D eigenvalue weighted by molar-refractivity contribution is 0.532. The van der Waals surface area contributed by atoms with Crippen LogP contribution in [0.1, 0.15) is 19.4 Å². The summed E-state index contributed by atoms with van der Waals surface area (Å²) in [5, 5.41) is 0. The first kappa shape index (κ1) is 12.8. The summed E-state index contributed by atoms with van der Waals surface area (Å²) in [5.41, 5.74) is 1.85. The molecular formula is C12H19BrOSi. The van der Waals surface area contributed by atoms with E-state index in [-0.39, 0.29) is 0 Å². The van der Waals surface area contributed by atoms with Gasteiger partial charge in [-0.1, -0.05) is 29.8 Å². The Morgan fingerprint density at radius 1 is 1.27 bits per heavy atom. The average molecular weight is 287 g/mol. The van der Waals surface area contributed by atoms with E-state index in [2.05, 4.69) is 61.9 Å². The summed E-state index contributed by atoms with van der Waals surface area (Å²) in [6, 6.07) is 6.19. The van der Waals surface area contributed by atoms with Gasteiger partial charge in [-0.3, -0.25) is 0 Å². The molecule has 0 atom stereocenters. The second-order valence-electron chi connectivity index (χ2n) is 4.77. The third kappa shape index (κ3) is 3.35. The van der Waals surface area contributed by atoms with Gasteiger partial charge in [-0.05, 0) is 49.3 Å². The van der Waals surface area contributed by atoms with E-state index < -0.39 is 8.32 Å². The van der Waals surface area contributed by atoms with E-state index >= 15 is 0 Å². The van der Waals surface area contributed by atoms with Gasteiger partial charge in [0.25, 0.3) is 0 Å². The minimum atomic E-state index is -1.58. The molecule has 0 spiro atoms. The van der Waals surface area contributed by atoms with Gasteiger partial charge < -0.3 is 4.43 Å². The van der Waals surface area contributed by atoms with Crippen LogP contribution >= 0.6 is 15.9 Å². The Morgan fingerprint density at radius 3 is 2.33 bits per heavy atom. The minimum Gasteiger partial charge on any atom is -0.544 e. The van der Waals surface area contributed by atoms with Gasteiger partial charge in [0.2, 0.25) is 8.32 Å². The smallest absolute Gasteiger partial charge is 0.247 e. The number of rotatable bonds is 3. The highest BCUT2D eigenvalue weighted by atomic mass is 79.9. The molecule has 0 amide bonds. The fourth-order valence-corrected chi connectivity index (χ4v) is 2.32. The van der Waals surface area contributed by atoms with Gasteiger partial charge in [-0.15, -0.1) is 0 Å². The van der Waals surface area contributed by atoms with Crippen molar-refractivity contribution in [2.24, 2.45) is 0 Å². The first-order valence-corrected chi connectivity index (χ1v) is 9.06. The zero-order chi connectivity index (χ0) is 11.6. The van der Waals surface area contributed by atoms with E-state index in [1.165, 1.54) is 5.56 Å². The molecule has 0 heterocycles. The molecule has 1 aromatic rings. The molecule has 1 aromatic carbocycles. The number of benzene rings is 1. The fraction of sp³-hybridized carbons (Fsp3) is 0.500. The van der Waals surface area contributed by atoms with E-state index in [0.29, 0.717) is 5.54 Å². The Bertz CT molecular complexity index is 347. The van der Waals surface area contributed by atoms with Crippen LogP contribution in [0.4, 0.5) is 0 Å². The summed E-state index contributed by atoms with van der Waals surface area (Å²) in [6.45, 7) is 11.1. The maximum Gasteiger partial charge on any atom is 0.247 e. The van der Waals surface area contributed by atoms with E-state index in [4.69, 9.17) is 4.43 Å². The molecule has 0 saturated heterocycles.